The monoisotopic (exact) mass is 468 g/mol. The molecule has 0 fully saturated rings. The van der Waals surface area contributed by atoms with Crippen LogP contribution in [0.25, 0.3) is 53.7 Å². The zero-order valence-electron chi connectivity index (χ0n) is 17.8. The molecule has 0 atom stereocenters. The normalized spacial score (nSPS) is 11.6. The third-order valence-electron chi connectivity index (χ3n) is 5.74. The van der Waals surface area contributed by atoms with Crippen molar-refractivity contribution in [2.75, 3.05) is 0 Å². The fourth-order valence-electron chi connectivity index (χ4n) is 4.22. The molecule has 0 saturated heterocycles. The largest absolute Gasteiger partial charge is 0.273 e. The van der Waals surface area contributed by atoms with Crippen LogP contribution >= 0.6 is 22.9 Å². The molecule has 0 radical (unpaired) electrons. The van der Waals surface area contributed by atoms with E-state index >= 15 is 0 Å². The van der Waals surface area contributed by atoms with Gasteiger partial charge in [-0.2, -0.15) is 9.78 Å². The molecule has 0 saturated carbocycles. The molecule has 0 aliphatic heterocycles. The van der Waals surface area contributed by atoms with E-state index in [1.807, 2.05) is 37.3 Å². The summed E-state index contributed by atoms with van der Waals surface area (Å²) >= 11 is 7.68. The Morgan fingerprint density at radius 3 is 2.73 bits per heavy atom. The second-order valence-electron chi connectivity index (χ2n) is 8.04. The first-order valence-electron chi connectivity index (χ1n) is 10.4. The van der Waals surface area contributed by atoms with Gasteiger partial charge in [-0.05, 0) is 48.9 Å². The lowest BCUT2D eigenvalue weighted by Gasteiger charge is -2.05. The molecule has 0 aliphatic rings. The van der Waals surface area contributed by atoms with E-state index in [1.165, 1.54) is 11.6 Å². The average Bonchev–Trinajstić information content (AvgIpc) is 3.40. The van der Waals surface area contributed by atoms with Crippen LogP contribution in [0.3, 0.4) is 0 Å². The maximum atomic E-state index is 12.4. The van der Waals surface area contributed by atoms with Crippen molar-refractivity contribution in [3.63, 3.8) is 0 Å². The van der Waals surface area contributed by atoms with Crippen molar-refractivity contribution in [3.8, 4) is 21.7 Å². The van der Waals surface area contributed by atoms with E-state index in [1.54, 1.807) is 23.6 Å². The summed E-state index contributed by atoms with van der Waals surface area (Å²) < 4.78 is 1.44. The van der Waals surface area contributed by atoms with Crippen molar-refractivity contribution in [2.24, 2.45) is 0 Å². The van der Waals surface area contributed by atoms with Gasteiger partial charge in [0.1, 0.15) is 15.7 Å². The van der Waals surface area contributed by atoms with Crippen LogP contribution in [0.1, 0.15) is 17.3 Å². The molecule has 6 aromatic rings. The summed E-state index contributed by atoms with van der Waals surface area (Å²) in [5.41, 5.74) is 5.49. The molecule has 5 nitrogen and oxygen atoms in total. The Bertz CT molecular complexity index is 1730. The number of rotatable bonds is 2. The summed E-state index contributed by atoms with van der Waals surface area (Å²) in [5, 5.41) is 8.12. The number of carbonyl (C=O) groups is 1. The van der Waals surface area contributed by atoms with E-state index in [9.17, 15) is 4.79 Å². The summed E-state index contributed by atoms with van der Waals surface area (Å²) in [6, 6.07) is 20.3. The maximum Gasteiger partial charge on any atom is 0.244 e. The lowest BCUT2D eigenvalue weighted by atomic mass is 10.0. The van der Waals surface area contributed by atoms with E-state index in [-0.39, 0.29) is 5.91 Å². The summed E-state index contributed by atoms with van der Waals surface area (Å²) in [7, 11) is 0. The van der Waals surface area contributed by atoms with Gasteiger partial charge in [0.2, 0.25) is 5.91 Å². The number of pyridine rings is 2. The van der Waals surface area contributed by atoms with Crippen molar-refractivity contribution in [1.82, 2.24) is 19.7 Å². The number of fused-ring (bicyclic) bond motifs is 4. The van der Waals surface area contributed by atoms with E-state index in [2.05, 4.69) is 34.2 Å². The molecule has 4 heterocycles. The molecule has 0 spiro atoms. The molecule has 0 bridgehead atoms. The first-order valence-corrected chi connectivity index (χ1v) is 11.6. The van der Waals surface area contributed by atoms with Crippen LogP contribution < -0.4 is 0 Å². The van der Waals surface area contributed by atoms with Gasteiger partial charge in [-0.1, -0.05) is 41.4 Å². The SMILES string of the molecule is CC(=O)n1nc(-c2cccc(C)c2)c2c3cc(-c4cc5ccc(Cl)nc5s4)ccc3ncc21. The van der Waals surface area contributed by atoms with Gasteiger partial charge in [-0.15, -0.1) is 11.3 Å². The Morgan fingerprint density at radius 2 is 1.91 bits per heavy atom. The number of benzene rings is 2. The van der Waals surface area contributed by atoms with Crippen LogP contribution in [0.2, 0.25) is 5.15 Å². The van der Waals surface area contributed by atoms with Gasteiger partial charge in [-0.25, -0.2) is 4.98 Å². The van der Waals surface area contributed by atoms with Crippen molar-refractivity contribution < 1.29 is 4.79 Å². The number of hydrogen-bond acceptors (Lipinski definition) is 5. The van der Waals surface area contributed by atoms with E-state index in [0.717, 1.165) is 53.8 Å². The molecule has 4 aromatic heterocycles. The van der Waals surface area contributed by atoms with Crippen LogP contribution in [-0.4, -0.2) is 25.7 Å². The second kappa shape index (κ2) is 7.47. The second-order valence-corrected chi connectivity index (χ2v) is 9.46. The fraction of sp³-hybridized carbons (Fsp3) is 0.0769. The summed E-state index contributed by atoms with van der Waals surface area (Å²) in [5.74, 6) is -0.149. The molecule has 160 valence electrons. The van der Waals surface area contributed by atoms with Crippen molar-refractivity contribution >= 4 is 60.9 Å². The number of halogens is 1. The molecule has 0 aliphatic carbocycles. The van der Waals surface area contributed by atoms with Crippen molar-refractivity contribution in [3.05, 3.63) is 77.6 Å². The number of carbonyl (C=O) groups excluding carboxylic acids is 1. The van der Waals surface area contributed by atoms with E-state index in [4.69, 9.17) is 16.7 Å². The minimum absolute atomic E-state index is 0.149. The highest BCUT2D eigenvalue weighted by Gasteiger charge is 2.19. The summed E-state index contributed by atoms with van der Waals surface area (Å²) in [6.07, 6.45) is 1.73. The number of aromatic nitrogens is 4. The Balaban J connectivity index is 1.65. The van der Waals surface area contributed by atoms with Crippen molar-refractivity contribution in [1.29, 1.82) is 0 Å². The minimum atomic E-state index is -0.149. The molecule has 0 amide bonds. The Morgan fingerprint density at radius 1 is 1.03 bits per heavy atom. The molecule has 33 heavy (non-hydrogen) atoms. The summed E-state index contributed by atoms with van der Waals surface area (Å²) in [4.78, 5) is 23.4. The molecule has 2 aromatic carbocycles. The summed E-state index contributed by atoms with van der Waals surface area (Å²) in [6.45, 7) is 3.57. The van der Waals surface area contributed by atoms with Gasteiger partial charge in [0, 0.05) is 33.5 Å². The van der Waals surface area contributed by atoms with Crippen LogP contribution in [0.5, 0.6) is 0 Å². The van der Waals surface area contributed by atoms with Gasteiger partial charge in [0.05, 0.1) is 17.2 Å². The Labute approximate surface area is 198 Å². The highest BCUT2D eigenvalue weighted by atomic mass is 35.5. The highest BCUT2D eigenvalue weighted by Crippen LogP contribution is 2.38. The Kier molecular flexibility index (Phi) is 4.54. The fourth-order valence-corrected chi connectivity index (χ4v) is 5.45. The smallest absolute Gasteiger partial charge is 0.244 e. The molecule has 0 N–H and O–H groups in total. The van der Waals surface area contributed by atoms with Crippen LogP contribution in [-0.2, 0) is 0 Å². The predicted molar refractivity (Wildman–Crippen MR) is 135 cm³/mol. The van der Waals surface area contributed by atoms with Crippen molar-refractivity contribution in [2.45, 2.75) is 13.8 Å². The number of thiophene rings is 1. The van der Waals surface area contributed by atoms with E-state index in [0.29, 0.717) is 10.7 Å². The zero-order valence-corrected chi connectivity index (χ0v) is 19.4. The highest BCUT2D eigenvalue weighted by molar-refractivity contribution is 7.21. The van der Waals surface area contributed by atoms with Gasteiger partial charge >= 0.3 is 0 Å². The predicted octanol–water partition coefficient (Wildman–Crippen LogP) is 7.15. The average molecular weight is 469 g/mol. The van der Waals surface area contributed by atoms with Crippen LogP contribution in [0.4, 0.5) is 0 Å². The molecular weight excluding hydrogens is 452 g/mol. The van der Waals surface area contributed by atoms with Gasteiger partial charge in [0.25, 0.3) is 0 Å². The van der Waals surface area contributed by atoms with Crippen LogP contribution in [0, 0.1) is 6.92 Å². The third kappa shape index (κ3) is 3.30. The zero-order chi connectivity index (χ0) is 22.7. The number of hydrogen-bond donors (Lipinski definition) is 0. The molecule has 0 unspecified atom stereocenters. The van der Waals surface area contributed by atoms with Crippen LogP contribution in [0.15, 0.2) is 66.9 Å². The lowest BCUT2D eigenvalue weighted by Crippen LogP contribution is -2.07. The van der Waals surface area contributed by atoms with Gasteiger partial charge < -0.3 is 0 Å². The minimum Gasteiger partial charge on any atom is -0.273 e. The first-order chi connectivity index (χ1) is 16.0. The van der Waals surface area contributed by atoms with E-state index < -0.39 is 0 Å². The number of aryl methyl sites for hydroxylation is 1. The maximum absolute atomic E-state index is 12.4. The standard InChI is InChI=1S/C26H17ClN4OS/c1-14-4-3-5-17(10-14)25-24-19-11-16(22-12-18-7-9-23(27)29-26(18)33-22)6-8-20(19)28-13-21(24)31(30-25)15(2)32/h3-13H,1-2H3. The molecule has 6 rings (SSSR count). The molecular formula is C26H17ClN4OS. The Hall–Kier alpha value is -3.61. The first kappa shape index (κ1) is 20.0. The lowest BCUT2D eigenvalue weighted by molar-refractivity contribution is 0.0927. The topological polar surface area (TPSA) is 60.7 Å². The molecule has 7 heteroatoms. The number of nitrogens with zero attached hydrogens (tertiary/aromatic N) is 4. The third-order valence-corrected chi connectivity index (χ3v) is 7.04. The quantitative estimate of drug-likeness (QED) is 0.253. The van der Waals surface area contributed by atoms with Gasteiger partial charge in [-0.3, -0.25) is 9.78 Å². The van der Waals surface area contributed by atoms with Gasteiger partial charge in [0.15, 0.2) is 0 Å².